The van der Waals surface area contributed by atoms with Crippen molar-refractivity contribution in [1.82, 2.24) is 10.2 Å². The second-order valence-corrected chi connectivity index (χ2v) is 8.81. The Balaban J connectivity index is 1.40. The number of nitrogens with zero attached hydrogens (tertiary/aromatic N) is 1. The number of rotatable bonds is 4. The zero-order chi connectivity index (χ0) is 20.2. The fourth-order valence-corrected chi connectivity index (χ4v) is 5.01. The lowest BCUT2D eigenvalue weighted by atomic mass is 9.99. The van der Waals surface area contributed by atoms with E-state index in [1.165, 1.54) is 44.6 Å². The van der Waals surface area contributed by atoms with Crippen molar-refractivity contribution in [3.63, 3.8) is 0 Å². The summed E-state index contributed by atoms with van der Waals surface area (Å²) in [6.07, 6.45) is 10.4. The second kappa shape index (κ2) is 9.12. The van der Waals surface area contributed by atoms with Crippen LogP contribution in [0.25, 0.3) is 11.0 Å². The van der Waals surface area contributed by atoms with Gasteiger partial charge in [-0.1, -0.05) is 37.8 Å². The van der Waals surface area contributed by atoms with Crippen molar-refractivity contribution >= 4 is 16.9 Å². The smallest absolute Gasteiger partial charge is 0.336 e. The summed E-state index contributed by atoms with van der Waals surface area (Å²) in [5.41, 5.74) is 1.92. The Morgan fingerprint density at radius 3 is 2.69 bits per heavy atom. The van der Waals surface area contributed by atoms with Crippen LogP contribution in [-0.4, -0.2) is 36.0 Å². The molecule has 2 fully saturated rings. The highest BCUT2D eigenvalue weighted by molar-refractivity contribution is 5.87. The van der Waals surface area contributed by atoms with Crippen molar-refractivity contribution in [2.45, 2.75) is 76.8 Å². The maximum atomic E-state index is 12.8. The lowest BCUT2D eigenvalue weighted by Gasteiger charge is -2.38. The summed E-state index contributed by atoms with van der Waals surface area (Å²) in [4.78, 5) is 27.3. The zero-order valence-electron chi connectivity index (χ0n) is 17.4. The highest BCUT2D eigenvalue weighted by Gasteiger charge is 2.27. The zero-order valence-corrected chi connectivity index (χ0v) is 17.4. The summed E-state index contributed by atoms with van der Waals surface area (Å²) in [5, 5.41) is 4.08. The number of aryl methyl sites for hydroxylation is 1. The lowest BCUT2D eigenvalue weighted by Crippen LogP contribution is -2.51. The van der Waals surface area contributed by atoms with E-state index in [1.54, 1.807) is 0 Å². The molecule has 2 heterocycles. The molecule has 1 amide bonds. The third kappa shape index (κ3) is 5.08. The van der Waals surface area contributed by atoms with E-state index in [4.69, 9.17) is 4.42 Å². The predicted octanol–water partition coefficient (Wildman–Crippen LogP) is 3.95. The molecule has 5 nitrogen and oxygen atoms in total. The van der Waals surface area contributed by atoms with E-state index in [2.05, 4.69) is 10.2 Å². The van der Waals surface area contributed by atoms with Crippen LogP contribution < -0.4 is 10.9 Å². The Morgan fingerprint density at radius 2 is 1.90 bits per heavy atom. The van der Waals surface area contributed by atoms with Crippen LogP contribution in [0.3, 0.4) is 0 Å². The second-order valence-electron chi connectivity index (χ2n) is 8.81. The molecule has 0 radical (unpaired) electrons. The molecular weight excluding hydrogens is 364 g/mol. The summed E-state index contributed by atoms with van der Waals surface area (Å²) in [6.45, 7) is 4.07. The van der Waals surface area contributed by atoms with E-state index < -0.39 is 5.63 Å². The number of hydrogen-bond donors (Lipinski definition) is 1. The minimum atomic E-state index is -0.400. The van der Waals surface area contributed by atoms with E-state index in [0.29, 0.717) is 11.6 Å². The quantitative estimate of drug-likeness (QED) is 0.628. The number of carbonyl (C=O) groups excluding carboxylic acids is 1. The van der Waals surface area contributed by atoms with Crippen LogP contribution >= 0.6 is 0 Å². The normalized spacial score (nSPS) is 21.8. The number of hydrogen-bond acceptors (Lipinski definition) is 4. The molecule has 2 aromatic rings. The van der Waals surface area contributed by atoms with Crippen molar-refractivity contribution in [3.8, 4) is 0 Å². The summed E-state index contributed by atoms with van der Waals surface area (Å²) in [7, 11) is 0. The first kappa shape index (κ1) is 20.1. The molecule has 1 aliphatic heterocycles. The maximum absolute atomic E-state index is 12.8. The summed E-state index contributed by atoms with van der Waals surface area (Å²) < 4.78 is 5.31. The number of amides is 1. The van der Waals surface area contributed by atoms with Gasteiger partial charge in [0.2, 0.25) is 5.91 Å². The lowest BCUT2D eigenvalue weighted by molar-refractivity contribution is -0.121. The van der Waals surface area contributed by atoms with Crippen molar-refractivity contribution in [3.05, 3.63) is 45.8 Å². The third-order valence-electron chi connectivity index (χ3n) is 6.50. The number of fused-ring (bicyclic) bond motifs is 1. The highest BCUT2D eigenvalue weighted by Crippen LogP contribution is 2.25. The van der Waals surface area contributed by atoms with Gasteiger partial charge in [0.05, 0.1) is 6.42 Å². The molecule has 1 aliphatic carbocycles. The number of likely N-dealkylation sites (tertiary alicyclic amines) is 1. The monoisotopic (exact) mass is 396 g/mol. The minimum absolute atomic E-state index is 0.00908. The van der Waals surface area contributed by atoms with Crippen molar-refractivity contribution in [2.75, 3.05) is 13.1 Å². The Kier molecular flexibility index (Phi) is 6.34. The standard InChI is InChI=1S/C24H32N2O3/c1-17-10-11-21-18(15-24(28)29-22(21)13-17)14-23(27)25-19-7-6-12-26(16-19)20-8-4-2-3-5-9-20/h10-11,13,15,19-20H,2-9,12,14,16H2,1H3,(H,25,27)/t19-/m1/s1. The third-order valence-corrected chi connectivity index (χ3v) is 6.50. The molecule has 1 N–H and O–H groups in total. The topological polar surface area (TPSA) is 62.6 Å². The van der Waals surface area contributed by atoms with Crippen LogP contribution in [0.4, 0.5) is 0 Å². The van der Waals surface area contributed by atoms with Crippen LogP contribution in [0.5, 0.6) is 0 Å². The first-order valence-electron chi connectivity index (χ1n) is 11.2. The first-order valence-corrected chi connectivity index (χ1v) is 11.2. The van der Waals surface area contributed by atoms with Crippen molar-refractivity contribution < 1.29 is 9.21 Å². The Morgan fingerprint density at radius 1 is 1.10 bits per heavy atom. The molecule has 1 saturated carbocycles. The van der Waals surface area contributed by atoms with E-state index in [-0.39, 0.29) is 18.4 Å². The van der Waals surface area contributed by atoms with Gasteiger partial charge in [-0.15, -0.1) is 0 Å². The Labute approximate surface area is 172 Å². The van der Waals surface area contributed by atoms with Gasteiger partial charge in [-0.3, -0.25) is 9.69 Å². The van der Waals surface area contributed by atoms with E-state index in [9.17, 15) is 9.59 Å². The van der Waals surface area contributed by atoms with Crippen LogP contribution in [0.15, 0.2) is 33.5 Å². The summed E-state index contributed by atoms with van der Waals surface area (Å²) in [6, 6.07) is 8.11. The van der Waals surface area contributed by atoms with Gasteiger partial charge in [0.15, 0.2) is 0 Å². The molecule has 1 saturated heterocycles. The molecule has 1 atom stereocenters. The molecule has 2 aliphatic rings. The molecule has 0 spiro atoms. The van der Waals surface area contributed by atoms with Crippen molar-refractivity contribution in [2.24, 2.45) is 0 Å². The van der Waals surface area contributed by atoms with Gasteiger partial charge in [-0.05, 0) is 56.3 Å². The van der Waals surface area contributed by atoms with Crippen LogP contribution in [-0.2, 0) is 11.2 Å². The van der Waals surface area contributed by atoms with Gasteiger partial charge in [0.1, 0.15) is 5.58 Å². The number of benzene rings is 1. The van der Waals surface area contributed by atoms with Crippen molar-refractivity contribution in [1.29, 1.82) is 0 Å². The van der Waals surface area contributed by atoms with Gasteiger partial charge in [0, 0.05) is 30.1 Å². The molecule has 29 heavy (non-hydrogen) atoms. The molecule has 0 unspecified atom stereocenters. The largest absolute Gasteiger partial charge is 0.423 e. The SMILES string of the molecule is Cc1ccc2c(CC(=O)N[C@@H]3CCCN(C4CCCCCC4)C3)cc(=O)oc2c1. The number of nitrogens with one attached hydrogen (secondary N) is 1. The van der Waals surface area contributed by atoms with Gasteiger partial charge in [-0.2, -0.15) is 0 Å². The fourth-order valence-electron chi connectivity index (χ4n) is 5.01. The summed E-state index contributed by atoms with van der Waals surface area (Å²) in [5.74, 6) is -0.00908. The van der Waals surface area contributed by atoms with Gasteiger partial charge in [-0.25, -0.2) is 4.79 Å². The molecule has 1 aromatic heterocycles. The van der Waals surface area contributed by atoms with Gasteiger partial charge in [0.25, 0.3) is 0 Å². The van der Waals surface area contributed by atoms with Gasteiger partial charge < -0.3 is 9.73 Å². The van der Waals surface area contributed by atoms with Crippen LogP contribution in [0.1, 0.15) is 62.5 Å². The number of carbonyl (C=O) groups is 1. The molecule has 5 heteroatoms. The fraction of sp³-hybridized carbons (Fsp3) is 0.583. The van der Waals surface area contributed by atoms with Gasteiger partial charge >= 0.3 is 5.63 Å². The van der Waals surface area contributed by atoms with Crippen LogP contribution in [0, 0.1) is 6.92 Å². The van der Waals surface area contributed by atoms with E-state index in [0.717, 1.165) is 42.4 Å². The average molecular weight is 397 g/mol. The molecule has 1 aromatic carbocycles. The predicted molar refractivity (Wildman–Crippen MR) is 115 cm³/mol. The molecule has 156 valence electrons. The highest BCUT2D eigenvalue weighted by atomic mass is 16.4. The molecule has 4 rings (SSSR count). The first-order chi connectivity index (χ1) is 14.1. The number of piperidine rings is 1. The Bertz CT molecular complexity index is 912. The maximum Gasteiger partial charge on any atom is 0.336 e. The average Bonchev–Trinajstić information content (AvgIpc) is 2.97. The molecule has 0 bridgehead atoms. The molecular formula is C24H32N2O3. The van der Waals surface area contributed by atoms with E-state index >= 15 is 0 Å². The van der Waals surface area contributed by atoms with Crippen LogP contribution in [0.2, 0.25) is 0 Å². The Hall–Kier alpha value is -2.14. The minimum Gasteiger partial charge on any atom is -0.423 e. The summed E-state index contributed by atoms with van der Waals surface area (Å²) >= 11 is 0. The van der Waals surface area contributed by atoms with E-state index in [1.807, 2.05) is 25.1 Å².